The van der Waals surface area contributed by atoms with Crippen molar-refractivity contribution in [3.05, 3.63) is 116 Å². The summed E-state index contributed by atoms with van der Waals surface area (Å²) in [6, 6.07) is 0. The lowest BCUT2D eigenvalue weighted by molar-refractivity contribution is 0.0785. The van der Waals surface area contributed by atoms with Crippen molar-refractivity contribution in [3.63, 3.8) is 0 Å². The Kier molecular flexibility index (Phi) is 3.79. The lowest BCUT2D eigenvalue weighted by Crippen LogP contribution is -2.51. The van der Waals surface area contributed by atoms with Crippen LogP contribution in [0.2, 0.25) is 0 Å². The second-order valence-corrected chi connectivity index (χ2v) is 12.5. The molecule has 9 aliphatic carbocycles. The third-order valence-corrected chi connectivity index (χ3v) is 11.4. The van der Waals surface area contributed by atoms with Gasteiger partial charge in [0.15, 0.2) is 0 Å². The molecule has 0 heterocycles. The van der Waals surface area contributed by atoms with Crippen LogP contribution in [0.25, 0.3) is 0 Å². The van der Waals surface area contributed by atoms with Gasteiger partial charge in [0.05, 0.1) is 0 Å². The molecule has 0 heteroatoms. The first-order valence-corrected chi connectivity index (χ1v) is 14.3. The monoisotopic (exact) mass is 454 g/mol. The molecule has 0 saturated heterocycles. The third kappa shape index (κ3) is 2.35. The summed E-state index contributed by atoms with van der Waals surface area (Å²) in [5, 5.41) is 0. The molecule has 6 atom stereocenters. The Morgan fingerprint density at radius 1 is 0.657 bits per heavy atom. The Morgan fingerprint density at radius 2 is 1.34 bits per heavy atom. The number of hydrogen-bond donors (Lipinski definition) is 0. The summed E-state index contributed by atoms with van der Waals surface area (Å²) in [5.74, 6) is 4.48. The highest BCUT2D eigenvalue weighted by atomic mass is 14.6. The first-order chi connectivity index (χ1) is 17.3. The van der Waals surface area contributed by atoms with Gasteiger partial charge in [0.25, 0.3) is 0 Å². The summed E-state index contributed by atoms with van der Waals surface area (Å²) in [6.07, 6.45) is 33.0. The molecule has 9 rings (SSSR count). The zero-order valence-corrected chi connectivity index (χ0v) is 20.8. The van der Waals surface area contributed by atoms with Crippen LogP contribution in [0.3, 0.4) is 0 Å². The van der Waals surface area contributed by atoms with Gasteiger partial charge >= 0.3 is 0 Å². The van der Waals surface area contributed by atoms with Gasteiger partial charge in [-0.3, -0.25) is 0 Å². The second kappa shape index (κ2) is 6.78. The van der Waals surface area contributed by atoms with E-state index < -0.39 is 0 Å². The van der Waals surface area contributed by atoms with Gasteiger partial charge in [0, 0.05) is 11.8 Å². The minimum absolute atomic E-state index is 0.660. The van der Waals surface area contributed by atoms with E-state index in [1.54, 1.807) is 50.2 Å². The topological polar surface area (TPSA) is 0 Å². The van der Waals surface area contributed by atoms with E-state index in [-0.39, 0.29) is 0 Å². The Hall–Kier alpha value is -2.60. The third-order valence-electron chi connectivity index (χ3n) is 11.4. The van der Waals surface area contributed by atoms with Gasteiger partial charge in [-0.25, -0.2) is 0 Å². The molecule has 0 nitrogen and oxygen atoms in total. The van der Waals surface area contributed by atoms with Crippen LogP contribution in [0.15, 0.2) is 116 Å². The molecule has 0 spiro atoms. The van der Waals surface area contributed by atoms with Crippen LogP contribution in [-0.4, -0.2) is 0 Å². The van der Waals surface area contributed by atoms with Crippen LogP contribution in [0.5, 0.6) is 0 Å². The highest BCUT2D eigenvalue weighted by molar-refractivity contribution is 5.67. The van der Waals surface area contributed by atoms with Crippen LogP contribution in [0, 0.1) is 35.5 Å². The molecule has 174 valence electrons. The van der Waals surface area contributed by atoms with Crippen molar-refractivity contribution in [1.82, 2.24) is 0 Å². The fraction of sp³-hybridized carbons (Fsp3) is 0.429. The fourth-order valence-corrected chi connectivity index (χ4v) is 10.2. The smallest absolute Gasteiger partial charge is 0.0129 e. The van der Waals surface area contributed by atoms with E-state index in [2.05, 4.69) is 61.6 Å². The van der Waals surface area contributed by atoms with E-state index in [1.807, 2.05) is 5.57 Å². The number of hydrogen-bond acceptors (Lipinski definition) is 0. The minimum atomic E-state index is 0.660. The average molecular weight is 455 g/mol. The largest absolute Gasteiger partial charge is 0.0836 e. The Labute approximate surface area is 209 Å². The van der Waals surface area contributed by atoms with Crippen molar-refractivity contribution >= 4 is 0 Å². The maximum Gasteiger partial charge on any atom is 0.0129 e. The van der Waals surface area contributed by atoms with Crippen molar-refractivity contribution in [2.45, 2.75) is 58.3 Å². The average Bonchev–Trinajstić information content (AvgIpc) is 2.92. The molecule has 0 N–H and O–H groups in total. The van der Waals surface area contributed by atoms with E-state index in [0.717, 1.165) is 23.7 Å². The number of allylic oxidation sites excluding steroid dienone is 20. The molecular formula is C35H34. The van der Waals surface area contributed by atoms with Crippen molar-refractivity contribution in [3.8, 4) is 0 Å². The fourth-order valence-electron chi connectivity index (χ4n) is 10.2. The Bertz CT molecular complexity index is 1410. The predicted octanol–water partition coefficient (Wildman–Crippen LogP) is 8.58. The molecule has 6 unspecified atom stereocenters. The van der Waals surface area contributed by atoms with Gasteiger partial charge in [-0.05, 0) is 132 Å². The summed E-state index contributed by atoms with van der Waals surface area (Å²) in [5.41, 5.74) is 18.5. The van der Waals surface area contributed by atoms with Crippen molar-refractivity contribution < 1.29 is 0 Å². The standard InChI is InChI=1S/C35H34/c1-19-22-7-4-5-9-25(22)27-15-17-31-28-11-10-21-18-20-6-2-3-8-24(20)26-14-16-29(34(28)32(21)26)30-13-12-23(19)33(27)35(30)31/h2,4,6-7,12-14,16,18,28,31-35H,3,5,8-11,15,17H2,1H3. The molecule has 0 amide bonds. The lowest BCUT2D eigenvalue weighted by Gasteiger charge is -2.59. The van der Waals surface area contributed by atoms with Crippen LogP contribution in [0.4, 0.5) is 0 Å². The van der Waals surface area contributed by atoms with Gasteiger partial charge in [-0.1, -0.05) is 65.8 Å². The minimum Gasteiger partial charge on any atom is -0.0836 e. The zero-order valence-electron chi connectivity index (χ0n) is 20.8. The second-order valence-electron chi connectivity index (χ2n) is 12.5. The van der Waals surface area contributed by atoms with Crippen molar-refractivity contribution in [2.24, 2.45) is 35.5 Å². The summed E-state index contributed by atoms with van der Waals surface area (Å²) >= 11 is 0. The lowest BCUT2D eigenvalue weighted by atomic mass is 9.44. The first kappa shape index (κ1) is 19.6. The van der Waals surface area contributed by atoms with E-state index in [0.29, 0.717) is 11.8 Å². The van der Waals surface area contributed by atoms with Gasteiger partial charge in [-0.15, -0.1) is 0 Å². The molecule has 9 aliphatic rings. The molecule has 35 heavy (non-hydrogen) atoms. The molecule has 0 bridgehead atoms. The van der Waals surface area contributed by atoms with E-state index in [9.17, 15) is 0 Å². The highest BCUT2D eigenvalue weighted by Crippen LogP contribution is 2.67. The SMILES string of the molecule is CC1=C2C=CCCC2=C2CCC3C4CCC5=CC6=C(CCC=C6)C6=CC=C(C7=CC=C1C2C73)C4C56. The van der Waals surface area contributed by atoms with Gasteiger partial charge < -0.3 is 0 Å². The van der Waals surface area contributed by atoms with Gasteiger partial charge in [0.2, 0.25) is 0 Å². The quantitative estimate of drug-likeness (QED) is 0.344. The summed E-state index contributed by atoms with van der Waals surface area (Å²) in [4.78, 5) is 0. The van der Waals surface area contributed by atoms with Gasteiger partial charge in [0.1, 0.15) is 0 Å². The maximum absolute atomic E-state index is 2.61. The molecule has 0 radical (unpaired) electrons. The predicted molar refractivity (Wildman–Crippen MR) is 143 cm³/mol. The highest BCUT2D eigenvalue weighted by Gasteiger charge is 2.57. The van der Waals surface area contributed by atoms with E-state index in [4.69, 9.17) is 0 Å². The van der Waals surface area contributed by atoms with Crippen molar-refractivity contribution in [2.75, 3.05) is 0 Å². The van der Waals surface area contributed by atoms with Crippen LogP contribution >= 0.6 is 0 Å². The Balaban J connectivity index is 1.25. The molecular weight excluding hydrogens is 420 g/mol. The zero-order chi connectivity index (χ0) is 22.8. The summed E-state index contributed by atoms with van der Waals surface area (Å²) < 4.78 is 0. The van der Waals surface area contributed by atoms with E-state index >= 15 is 0 Å². The van der Waals surface area contributed by atoms with Gasteiger partial charge in [-0.2, -0.15) is 0 Å². The molecule has 0 aliphatic heterocycles. The van der Waals surface area contributed by atoms with Crippen molar-refractivity contribution in [1.29, 1.82) is 0 Å². The van der Waals surface area contributed by atoms with Crippen LogP contribution in [-0.2, 0) is 0 Å². The molecule has 0 aromatic heterocycles. The molecule has 0 aromatic carbocycles. The van der Waals surface area contributed by atoms with Crippen LogP contribution < -0.4 is 0 Å². The first-order valence-electron chi connectivity index (χ1n) is 14.3. The van der Waals surface area contributed by atoms with Crippen LogP contribution in [0.1, 0.15) is 58.3 Å². The molecule has 3 fully saturated rings. The maximum atomic E-state index is 2.61. The normalized spacial score (nSPS) is 39.5. The van der Waals surface area contributed by atoms with E-state index in [1.165, 1.54) is 56.9 Å². The summed E-state index contributed by atoms with van der Waals surface area (Å²) in [7, 11) is 0. The Morgan fingerprint density at radius 3 is 2.20 bits per heavy atom. The summed E-state index contributed by atoms with van der Waals surface area (Å²) in [6.45, 7) is 2.42. The molecule has 3 saturated carbocycles. The molecule has 0 aromatic rings. The number of rotatable bonds is 0. The number of fused-ring (bicyclic) bond motifs is 4.